The molecule has 130 valence electrons. The number of fused-ring (bicyclic) bond motifs is 3. The molecule has 4 fully saturated rings. The summed E-state index contributed by atoms with van der Waals surface area (Å²) in [4.78, 5) is 0. The van der Waals surface area contributed by atoms with E-state index in [1.807, 2.05) is 0 Å². The Morgan fingerprint density at radius 1 is 0.826 bits per heavy atom. The average molecular weight is 316 g/mol. The maximum Gasteiger partial charge on any atom is 0.0689 e. The molecule has 2 bridgehead atoms. The van der Waals surface area contributed by atoms with Gasteiger partial charge in [-0.1, -0.05) is 33.1 Å². The maximum absolute atomic E-state index is 9.74. The van der Waals surface area contributed by atoms with Crippen molar-refractivity contribution >= 4 is 0 Å². The highest BCUT2D eigenvalue weighted by molar-refractivity contribution is 5.07. The Hall–Kier alpha value is -0.510. The molecule has 4 rings (SSSR count). The van der Waals surface area contributed by atoms with Gasteiger partial charge in [-0.15, -0.1) is 0 Å². The molecule has 4 aliphatic rings. The van der Waals surface area contributed by atoms with Crippen LogP contribution in [0, 0.1) is 33.5 Å². The summed E-state index contributed by atoms with van der Waals surface area (Å²) in [5.41, 5.74) is 1.46. The second-order valence-electron chi connectivity index (χ2n) is 9.38. The highest BCUT2D eigenvalue weighted by Crippen LogP contribution is 2.64. The zero-order valence-electron chi connectivity index (χ0n) is 15.6. The Kier molecular flexibility index (Phi) is 5.10. The molecular weight excluding hydrogens is 278 g/mol. The van der Waals surface area contributed by atoms with Gasteiger partial charge in [-0.25, -0.2) is 0 Å². The number of hydrogen-bond acceptors (Lipinski definition) is 1. The Balaban J connectivity index is 1.60. The van der Waals surface area contributed by atoms with Crippen LogP contribution in [0.15, 0.2) is 0 Å². The summed E-state index contributed by atoms with van der Waals surface area (Å²) in [5.74, 6) is 0.936. The molecule has 0 atom stereocenters. The molecule has 0 N–H and O–H groups in total. The van der Waals surface area contributed by atoms with Crippen LogP contribution in [0.25, 0.3) is 0 Å². The molecular formula is C22H37N. The molecule has 0 radical (unpaired) electrons. The minimum absolute atomic E-state index is 0.0401. The standard InChI is InChI=1S/C22H37N/c1-3-5-9-21(18-23)10-6-19(7-11-21)22-15-12-20(8-4-2,13-16-22)14-17-22/h19H,3-17H2,1-2H3/t19-,20?,21-,22?. The summed E-state index contributed by atoms with van der Waals surface area (Å²) in [6.45, 7) is 4.62. The quantitative estimate of drug-likeness (QED) is 0.516. The predicted octanol–water partition coefficient (Wildman–Crippen LogP) is 7.02. The third-order valence-corrected chi connectivity index (χ3v) is 8.29. The minimum Gasteiger partial charge on any atom is -0.198 e. The van der Waals surface area contributed by atoms with E-state index in [-0.39, 0.29) is 5.41 Å². The van der Waals surface area contributed by atoms with Gasteiger partial charge in [0.05, 0.1) is 11.5 Å². The fourth-order valence-corrected chi connectivity index (χ4v) is 6.53. The average Bonchev–Trinajstić information content (AvgIpc) is 2.62. The molecule has 0 amide bonds. The zero-order valence-corrected chi connectivity index (χ0v) is 15.6. The van der Waals surface area contributed by atoms with Crippen LogP contribution in [0.1, 0.15) is 110 Å². The van der Waals surface area contributed by atoms with Crippen molar-refractivity contribution in [1.29, 1.82) is 5.26 Å². The van der Waals surface area contributed by atoms with Gasteiger partial charge in [-0.05, 0) is 93.8 Å². The predicted molar refractivity (Wildman–Crippen MR) is 97.0 cm³/mol. The number of unbranched alkanes of at least 4 members (excludes halogenated alkanes) is 1. The summed E-state index contributed by atoms with van der Waals surface area (Å²) in [5, 5.41) is 9.74. The molecule has 0 aliphatic heterocycles. The first-order valence-electron chi connectivity index (χ1n) is 10.5. The molecule has 0 spiro atoms. The van der Waals surface area contributed by atoms with Crippen LogP contribution in [-0.2, 0) is 0 Å². The lowest BCUT2D eigenvalue weighted by atomic mass is 9.47. The van der Waals surface area contributed by atoms with Gasteiger partial charge in [0.25, 0.3) is 0 Å². The minimum atomic E-state index is 0.0401. The first-order valence-corrected chi connectivity index (χ1v) is 10.5. The first kappa shape index (κ1) is 17.3. The van der Waals surface area contributed by atoms with E-state index in [1.165, 1.54) is 89.9 Å². The van der Waals surface area contributed by atoms with E-state index in [0.717, 1.165) is 17.8 Å². The number of rotatable bonds is 6. The lowest BCUT2D eigenvalue weighted by Crippen LogP contribution is -2.47. The van der Waals surface area contributed by atoms with Crippen LogP contribution < -0.4 is 0 Å². The molecule has 0 heterocycles. The Morgan fingerprint density at radius 2 is 1.43 bits per heavy atom. The van der Waals surface area contributed by atoms with Gasteiger partial charge >= 0.3 is 0 Å². The Bertz CT molecular complexity index is 411. The third kappa shape index (κ3) is 3.20. The summed E-state index contributed by atoms with van der Waals surface area (Å²) >= 11 is 0. The van der Waals surface area contributed by atoms with Crippen molar-refractivity contribution in [1.82, 2.24) is 0 Å². The SMILES string of the molecule is CCCC[C@]1(C#N)CC[C@H](C23CCC(CCC)(CC2)CC3)CC1. The lowest BCUT2D eigenvalue weighted by molar-refractivity contribution is -0.0684. The van der Waals surface area contributed by atoms with Crippen molar-refractivity contribution in [3.63, 3.8) is 0 Å². The molecule has 23 heavy (non-hydrogen) atoms. The van der Waals surface area contributed by atoms with Gasteiger partial charge in [0.2, 0.25) is 0 Å². The van der Waals surface area contributed by atoms with Gasteiger partial charge in [0.15, 0.2) is 0 Å². The van der Waals surface area contributed by atoms with Crippen molar-refractivity contribution in [2.75, 3.05) is 0 Å². The third-order valence-electron chi connectivity index (χ3n) is 8.29. The summed E-state index contributed by atoms with van der Waals surface area (Å²) in [6.07, 6.45) is 20.6. The van der Waals surface area contributed by atoms with Gasteiger partial charge < -0.3 is 0 Å². The molecule has 0 aromatic rings. The number of nitriles is 1. The second-order valence-corrected chi connectivity index (χ2v) is 9.38. The number of hydrogen-bond donors (Lipinski definition) is 0. The number of nitrogens with zero attached hydrogens (tertiary/aromatic N) is 1. The van der Waals surface area contributed by atoms with Crippen LogP contribution in [0.3, 0.4) is 0 Å². The van der Waals surface area contributed by atoms with Crippen molar-refractivity contribution in [2.24, 2.45) is 22.2 Å². The van der Waals surface area contributed by atoms with E-state index in [2.05, 4.69) is 19.9 Å². The fraction of sp³-hybridized carbons (Fsp3) is 0.955. The first-order chi connectivity index (χ1) is 11.1. The van der Waals surface area contributed by atoms with Gasteiger partial charge in [0.1, 0.15) is 0 Å². The van der Waals surface area contributed by atoms with E-state index in [0.29, 0.717) is 5.41 Å². The molecule has 4 saturated carbocycles. The van der Waals surface area contributed by atoms with E-state index in [4.69, 9.17) is 0 Å². The molecule has 4 aliphatic carbocycles. The highest BCUT2D eigenvalue weighted by atomic mass is 14.6. The lowest BCUT2D eigenvalue weighted by Gasteiger charge is -2.58. The molecule has 0 saturated heterocycles. The topological polar surface area (TPSA) is 23.8 Å². The van der Waals surface area contributed by atoms with E-state index >= 15 is 0 Å². The summed E-state index contributed by atoms with van der Waals surface area (Å²) in [6, 6.07) is 2.74. The highest BCUT2D eigenvalue weighted by Gasteiger charge is 2.52. The van der Waals surface area contributed by atoms with Gasteiger partial charge in [-0.2, -0.15) is 5.26 Å². The van der Waals surface area contributed by atoms with Crippen LogP contribution >= 0.6 is 0 Å². The van der Waals surface area contributed by atoms with Crippen LogP contribution in [0.5, 0.6) is 0 Å². The largest absolute Gasteiger partial charge is 0.198 e. The van der Waals surface area contributed by atoms with Crippen molar-refractivity contribution < 1.29 is 0 Å². The molecule has 0 aromatic heterocycles. The van der Waals surface area contributed by atoms with E-state index in [1.54, 1.807) is 0 Å². The molecule has 0 unspecified atom stereocenters. The molecule has 0 aromatic carbocycles. The van der Waals surface area contributed by atoms with Crippen molar-refractivity contribution in [2.45, 2.75) is 110 Å². The van der Waals surface area contributed by atoms with Gasteiger partial charge in [0, 0.05) is 0 Å². The van der Waals surface area contributed by atoms with Crippen LogP contribution in [0.2, 0.25) is 0 Å². The fourth-order valence-electron chi connectivity index (χ4n) is 6.53. The second kappa shape index (κ2) is 6.78. The Morgan fingerprint density at radius 3 is 1.91 bits per heavy atom. The zero-order chi connectivity index (χ0) is 16.4. The van der Waals surface area contributed by atoms with Crippen molar-refractivity contribution in [3.05, 3.63) is 0 Å². The van der Waals surface area contributed by atoms with E-state index in [9.17, 15) is 5.26 Å². The van der Waals surface area contributed by atoms with Crippen LogP contribution in [0.4, 0.5) is 0 Å². The maximum atomic E-state index is 9.74. The van der Waals surface area contributed by atoms with Gasteiger partial charge in [-0.3, -0.25) is 0 Å². The normalized spacial score (nSPS) is 43.3. The smallest absolute Gasteiger partial charge is 0.0689 e. The summed E-state index contributed by atoms with van der Waals surface area (Å²) < 4.78 is 0. The molecule has 1 nitrogen and oxygen atoms in total. The molecule has 1 heteroatoms. The monoisotopic (exact) mass is 315 g/mol. The Labute approximate surface area is 144 Å². The summed E-state index contributed by atoms with van der Waals surface area (Å²) in [7, 11) is 0. The van der Waals surface area contributed by atoms with Crippen molar-refractivity contribution in [3.8, 4) is 6.07 Å². The van der Waals surface area contributed by atoms with Crippen LogP contribution in [-0.4, -0.2) is 0 Å². The van der Waals surface area contributed by atoms with E-state index < -0.39 is 0 Å².